The number of rotatable bonds is 5. The summed E-state index contributed by atoms with van der Waals surface area (Å²) in [5.74, 6) is -0.451. The molecule has 0 aromatic carbocycles. The van der Waals surface area contributed by atoms with Crippen LogP contribution in [0.4, 0.5) is 0 Å². The molecule has 2 atom stereocenters. The van der Waals surface area contributed by atoms with Crippen molar-refractivity contribution >= 4 is 11.9 Å². The van der Waals surface area contributed by atoms with E-state index in [1.54, 1.807) is 13.8 Å². The van der Waals surface area contributed by atoms with E-state index in [0.717, 1.165) is 19.3 Å². The maximum Gasteiger partial charge on any atom is 0.333 e. The van der Waals surface area contributed by atoms with Crippen LogP contribution in [0.3, 0.4) is 0 Å². The Morgan fingerprint density at radius 2 is 1.72 bits per heavy atom. The summed E-state index contributed by atoms with van der Waals surface area (Å²) in [6, 6.07) is 0. The van der Waals surface area contributed by atoms with Crippen LogP contribution in [0.5, 0.6) is 0 Å². The van der Waals surface area contributed by atoms with Crippen molar-refractivity contribution in [3.63, 3.8) is 0 Å². The van der Waals surface area contributed by atoms with Crippen molar-refractivity contribution in [2.75, 3.05) is 6.61 Å². The van der Waals surface area contributed by atoms with Gasteiger partial charge in [-0.1, -0.05) is 13.2 Å². The summed E-state index contributed by atoms with van der Waals surface area (Å²) in [5, 5.41) is 0. The fraction of sp³-hybridized carbons (Fsp3) is 0.571. The topological polar surface area (TPSA) is 52.6 Å². The van der Waals surface area contributed by atoms with Crippen LogP contribution in [0.1, 0.15) is 33.1 Å². The molecule has 0 aliphatic heterocycles. The van der Waals surface area contributed by atoms with E-state index in [-0.39, 0.29) is 24.0 Å². The van der Waals surface area contributed by atoms with Crippen molar-refractivity contribution in [1.82, 2.24) is 0 Å². The molecule has 18 heavy (non-hydrogen) atoms. The number of carbonyl (C=O) groups is 2. The first-order valence-electron chi connectivity index (χ1n) is 6.09. The van der Waals surface area contributed by atoms with E-state index in [0.29, 0.717) is 17.8 Å². The molecule has 1 aliphatic rings. The first-order valence-corrected chi connectivity index (χ1v) is 6.09. The van der Waals surface area contributed by atoms with Gasteiger partial charge in [-0.2, -0.15) is 0 Å². The summed E-state index contributed by atoms with van der Waals surface area (Å²) in [7, 11) is 0. The summed E-state index contributed by atoms with van der Waals surface area (Å²) < 4.78 is 10.4. The van der Waals surface area contributed by atoms with E-state index >= 15 is 0 Å². The average molecular weight is 252 g/mol. The highest BCUT2D eigenvalue weighted by atomic mass is 16.5. The molecular formula is C14H20O4. The second-order valence-corrected chi connectivity index (χ2v) is 4.87. The second kappa shape index (κ2) is 6.38. The molecule has 0 amide bonds. The molecule has 0 heterocycles. The van der Waals surface area contributed by atoms with Crippen molar-refractivity contribution in [3.8, 4) is 0 Å². The summed E-state index contributed by atoms with van der Waals surface area (Å²) in [6.45, 7) is 10.7. The van der Waals surface area contributed by atoms with E-state index in [4.69, 9.17) is 9.47 Å². The predicted octanol–water partition coefficient (Wildman–Crippen LogP) is 2.39. The lowest BCUT2D eigenvalue weighted by atomic mass is 10.1. The lowest BCUT2D eigenvalue weighted by molar-refractivity contribution is -0.145. The molecule has 1 rings (SSSR count). The van der Waals surface area contributed by atoms with Crippen molar-refractivity contribution in [1.29, 1.82) is 0 Å². The number of carbonyl (C=O) groups excluding carboxylic acids is 2. The fourth-order valence-electron chi connectivity index (χ4n) is 1.86. The zero-order valence-corrected chi connectivity index (χ0v) is 11.0. The Labute approximate surface area is 108 Å². The van der Waals surface area contributed by atoms with Crippen molar-refractivity contribution in [2.24, 2.45) is 5.92 Å². The first kappa shape index (κ1) is 14.5. The molecule has 0 radical (unpaired) electrons. The van der Waals surface area contributed by atoms with Gasteiger partial charge in [0.1, 0.15) is 6.10 Å². The zero-order chi connectivity index (χ0) is 13.7. The van der Waals surface area contributed by atoms with E-state index in [2.05, 4.69) is 13.2 Å². The smallest absolute Gasteiger partial charge is 0.333 e. The Morgan fingerprint density at radius 1 is 1.11 bits per heavy atom. The molecule has 0 spiro atoms. The van der Waals surface area contributed by atoms with Gasteiger partial charge < -0.3 is 9.47 Å². The van der Waals surface area contributed by atoms with E-state index < -0.39 is 0 Å². The van der Waals surface area contributed by atoms with Crippen LogP contribution in [0.2, 0.25) is 0 Å². The summed E-state index contributed by atoms with van der Waals surface area (Å²) >= 11 is 0. The molecule has 0 aromatic heterocycles. The molecule has 4 heteroatoms. The minimum Gasteiger partial charge on any atom is -0.462 e. The van der Waals surface area contributed by atoms with Crippen LogP contribution in [-0.2, 0) is 19.1 Å². The Bertz CT molecular complexity index is 370. The van der Waals surface area contributed by atoms with Crippen molar-refractivity contribution < 1.29 is 19.1 Å². The molecule has 0 saturated heterocycles. The van der Waals surface area contributed by atoms with Crippen LogP contribution in [0, 0.1) is 5.92 Å². The molecular weight excluding hydrogens is 232 g/mol. The van der Waals surface area contributed by atoms with Crippen molar-refractivity contribution in [3.05, 3.63) is 24.3 Å². The molecule has 0 aromatic rings. The van der Waals surface area contributed by atoms with Crippen molar-refractivity contribution in [2.45, 2.75) is 39.2 Å². The number of hydrogen-bond donors (Lipinski definition) is 0. The molecule has 4 nitrogen and oxygen atoms in total. The molecule has 0 N–H and O–H groups in total. The Kier molecular flexibility index (Phi) is 5.13. The van der Waals surface area contributed by atoms with Gasteiger partial charge in [-0.25, -0.2) is 9.59 Å². The Hall–Kier alpha value is -1.58. The SMILES string of the molecule is C=C(C)C(=O)OCC1CCC(OC(=O)C(=C)C)C1. The van der Waals surface area contributed by atoms with Gasteiger partial charge in [0, 0.05) is 11.1 Å². The molecule has 2 unspecified atom stereocenters. The van der Waals surface area contributed by atoms with Gasteiger partial charge in [0.05, 0.1) is 6.61 Å². The molecule has 0 bridgehead atoms. The number of esters is 2. The summed E-state index contributed by atoms with van der Waals surface area (Å²) in [4.78, 5) is 22.6. The maximum absolute atomic E-state index is 11.3. The van der Waals surface area contributed by atoms with E-state index in [9.17, 15) is 9.59 Å². The highest BCUT2D eigenvalue weighted by Gasteiger charge is 2.28. The largest absolute Gasteiger partial charge is 0.462 e. The normalized spacial score (nSPS) is 22.3. The highest BCUT2D eigenvalue weighted by Crippen LogP contribution is 2.28. The minimum atomic E-state index is -0.364. The lowest BCUT2D eigenvalue weighted by Crippen LogP contribution is -2.17. The van der Waals surface area contributed by atoms with Gasteiger partial charge in [0.2, 0.25) is 0 Å². The van der Waals surface area contributed by atoms with E-state index in [1.165, 1.54) is 0 Å². The first-order chi connectivity index (χ1) is 8.40. The lowest BCUT2D eigenvalue weighted by Gasteiger charge is -2.13. The minimum absolute atomic E-state index is 0.0808. The summed E-state index contributed by atoms with van der Waals surface area (Å²) in [5.41, 5.74) is 0.811. The van der Waals surface area contributed by atoms with E-state index in [1.807, 2.05) is 0 Å². The average Bonchev–Trinajstić information content (AvgIpc) is 2.73. The maximum atomic E-state index is 11.3. The van der Waals surface area contributed by atoms with Crippen LogP contribution >= 0.6 is 0 Å². The number of ether oxygens (including phenoxy) is 2. The third-order valence-electron chi connectivity index (χ3n) is 2.91. The van der Waals surface area contributed by atoms with Gasteiger partial charge in [0.25, 0.3) is 0 Å². The van der Waals surface area contributed by atoms with Gasteiger partial charge >= 0.3 is 11.9 Å². The predicted molar refractivity (Wildman–Crippen MR) is 67.8 cm³/mol. The molecule has 100 valence electrons. The van der Waals surface area contributed by atoms with Gasteiger partial charge in [0.15, 0.2) is 0 Å². The molecule has 1 aliphatic carbocycles. The van der Waals surface area contributed by atoms with Crippen LogP contribution in [0.15, 0.2) is 24.3 Å². The third kappa shape index (κ3) is 4.35. The van der Waals surface area contributed by atoms with Crippen LogP contribution in [0.25, 0.3) is 0 Å². The van der Waals surface area contributed by atoms with Crippen LogP contribution < -0.4 is 0 Å². The van der Waals surface area contributed by atoms with Crippen LogP contribution in [-0.4, -0.2) is 24.6 Å². The molecule has 1 saturated carbocycles. The number of hydrogen-bond acceptors (Lipinski definition) is 4. The summed E-state index contributed by atoms with van der Waals surface area (Å²) in [6.07, 6.45) is 2.37. The van der Waals surface area contributed by atoms with Gasteiger partial charge in [-0.15, -0.1) is 0 Å². The fourth-order valence-corrected chi connectivity index (χ4v) is 1.86. The third-order valence-corrected chi connectivity index (χ3v) is 2.91. The molecule has 1 fully saturated rings. The Morgan fingerprint density at radius 3 is 2.28 bits per heavy atom. The quantitative estimate of drug-likeness (QED) is 0.557. The second-order valence-electron chi connectivity index (χ2n) is 4.87. The van der Waals surface area contributed by atoms with Gasteiger partial charge in [-0.05, 0) is 39.0 Å². The monoisotopic (exact) mass is 252 g/mol. The highest BCUT2D eigenvalue weighted by molar-refractivity contribution is 5.87. The van der Waals surface area contributed by atoms with Gasteiger partial charge in [-0.3, -0.25) is 0 Å². The zero-order valence-electron chi connectivity index (χ0n) is 11.0. The Balaban J connectivity index is 2.29. The standard InChI is InChI=1S/C14H20O4/c1-9(2)13(15)17-8-11-5-6-12(7-11)18-14(16)10(3)4/h11-12H,1,3,5-8H2,2,4H3.